The smallest absolute Gasteiger partial charge is 0.0554 e. The monoisotopic (exact) mass is 212 g/mol. The quantitative estimate of drug-likeness (QED) is 0.695. The minimum Gasteiger partial charge on any atom is -0.380 e. The normalized spacial score (nSPS) is 28.0. The van der Waals surface area contributed by atoms with Crippen molar-refractivity contribution in [3.63, 3.8) is 0 Å². The molecular formula is C12H24N2O. The van der Waals surface area contributed by atoms with Crippen LogP contribution in [0.2, 0.25) is 0 Å². The molecule has 2 aliphatic heterocycles. The fourth-order valence-electron chi connectivity index (χ4n) is 2.71. The molecule has 2 heterocycles. The first-order valence-corrected chi connectivity index (χ1v) is 6.06. The first-order valence-electron chi connectivity index (χ1n) is 6.06. The summed E-state index contributed by atoms with van der Waals surface area (Å²) in [5.41, 5.74) is 0.429. The number of hydrogen-bond donors (Lipinski definition) is 0. The van der Waals surface area contributed by atoms with Gasteiger partial charge < -0.3 is 14.5 Å². The number of hydrogen-bond acceptors (Lipinski definition) is 3. The van der Waals surface area contributed by atoms with E-state index >= 15 is 0 Å². The van der Waals surface area contributed by atoms with Crippen molar-refractivity contribution in [2.75, 3.05) is 46.9 Å². The van der Waals surface area contributed by atoms with E-state index in [4.69, 9.17) is 4.74 Å². The fraction of sp³-hybridized carbons (Fsp3) is 1.00. The minimum atomic E-state index is 0.429. The zero-order valence-corrected chi connectivity index (χ0v) is 10.3. The molecule has 0 aromatic carbocycles. The van der Waals surface area contributed by atoms with Gasteiger partial charge in [0.25, 0.3) is 0 Å². The highest BCUT2D eigenvalue weighted by molar-refractivity contribution is 4.86. The van der Waals surface area contributed by atoms with E-state index in [0.717, 1.165) is 19.3 Å². The molecule has 0 spiro atoms. The Labute approximate surface area is 93.4 Å². The molecule has 0 unspecified atom stereocenters. The Morgan fingerprint density at radius 3 is 2.40 bits per heavy atom. The number of piperidine rings is 1. The molecule has 0 aromatic rings. The summed E-state index contributed by atoms with van der Waals surface area (Å²) < 4.78 is 5.31. The van der Waals surface area contributed by atoms with Crippen LogP contribution < -0.4 is 0 Å². The van der Waals surface area contributed by atoms with Gasteiger partial charge in [0.05, 0.1) is 13.2 Å². The second-order valence-corrected chi connectivity index (χ2v) is 5.75. The molecule has 0 saturated carbocycles. The first kappa shape index (κ1) is 11.4. The van der Waals surface area contributed by atoms with Crippen molar-refractivity contribution in [1.82, 2.24) is 9.80 Å². The van der Waals surface area contributed by atoms with Gasteiger partial charge in [-0.2, -0.15) is 0 Å². The molecular weight excluding hydrogens is 188 g/mol. The molecule has 3 nitrogen and oxygen atoms in total. The van der Waals surface area contributed by atoms with Gasteiger partial charge in [-0.3, -0.25) is 0 Å². The molecule has 0 N–H and O–H groups in total. The standard InChI is InChI=1S/C12H24N2O/c1-12(9-15-10-12)8-14(3)11-4-6-13(2)7-5-11/h11H,4-10H2,1-3H3. The highest BCUT2D eigenvalue weighted by Gasteiger charge is 2.36. The molecule has 88 valence electrons. The van der Waals surface area contributed by atoms with Crippen molar-refractivity contribution < 1.29 is 4.74 Å². The largest absolute Gasteiger partial charge is 0.380 e. The third-order valence-corrected chi connectivity index (χ3v) is 3.84. The molecule has 3 heteroatoms. The average Bonchev–Trinajstić information content (AvgIpc) is 2.16. The molecule has 2 fully saturated rings. The maximum absolute atomic E-state index is 5.31. The molecule has 0 amide bonds. The molecule has 0 atom stereocenters. The van der Waals surface area contributed by atoms with Crippen molar-refractivity contribution >= 4 is 0 Å². The maximum atomic E-state index is 5.31. The summed E-state index contributed by atoms with van der Waals surface area (Å²) in [7, 11) is 4.50. The van der Waals surface area contributed by atoms with Gasteiger partial charge in [0.15, 0.2) is 0 Å². The molecule has 0 bridgehead atoms. The zero-order chi connectivity index (χ0) is 10.9. The maximum Gasteiger partial charge on any atom is 0.0554 e. The van der Waals surface area contributed by atoms with Crippen LogP contribution in [0.25, 0.3) is 0 Å². The van der Waals surface area contributed by atoms with Crippen LogP contribution in [-0.4, -0.2) is 62.8 Å². The lowest BCUT2D eigenvalue weighted by atomic mass is 9.87. The van der Waals surface area contributed by atoms with E-state index in [1.54, 1.807) is 0 Å². The highest BCUT2D eigenvalue weighted by Crippen LogP contribution is 2.28. The summed E-state index contributed by atoms with van der Waals surface area (Å²) in [4.78, 5) is 4.98. The van der Waals surface area contributed by atoms with Gasteiger partial charge in [-0.05, 0) is 40.0 Å². The number of rotatable bonds is 3. The summed E-state index contributed by atoms with van der Waals surface area (Å²) in [6.07, 6.45) is 2.65. The van der Waals surface area contributed by atoms with E-state index < -0.39 is 0 Å². The Kier molecular flexibility index (Phi) is 3.33. The van der Waals surface area contributed by atoms with Crippen molar-refractivity contribution in [2.24, 2.45) is 5.41 Å². The van der Waals surface area contributed by atoms with Crippen molar-refractivity contribution in [3.05, 3.63) is 0 Å². The van der Waals surface area contributed by atoms with Gasteiger partial charge in [0.2, 0.25) is 0 Å². The summed E-state index contributed by atoms with van der Waals surface area (Å²) >= 11 is 0. The predicted octanol–water partition coefficient (Wildman–Crippen LogP) is 1.05. The summed E-state index contributed by atoms with van der Waals surface area (Å²) in [5, 5.41) is 0. The minimum absolute atomic E-state index is 0.429. The second-order valence-electron chi connectivity index (χ2n) is 5.75. The Bertz CT molecular complexity index is 208. The van der Waals surface area contributed by atoms with Gasteiger partial charge in [-0.15, -0.1) is 0 Å². The van der Waals surface area contributed by atoms with Gasteiger partial charge >= 0.3 is 0 Å². The van der Waals surface area contributed by atoms with Crippen LogP contribution >= 0.6 is 0 Å². The topological polar surface area (TPSA) is 15.7 Å². The molecule has 0 aromatic heterocycles. The molecule has 0 radical (unpaired) electrons. The number of ether oxygens (including phenoxy) is 1. The van der Waals surface area contributed by atoms with Crippen LogP contribution in [0.5, 0.6) is 0 Å². The van der Waals surface area contributed by atoms with E-state index in [2.05, 4.69) is 30.8 Å². The van der Waals surface area contributed by atoms with Crippen molar-refractivity contribution in [2.45, 2.75) is 25.8 Å². The van der Waals surface area contributed by atoms with Crippen LogP contribution in [0.3, 0.4) is 0 Å². The Morgan fingerprint density at radius 1 is 1.33 bits per heavy atom. The van der Waals surface area contributed by atoms with Gasteiger partial charge in [-0.1, -0.05) is 6.92 Å². The second kappa shape index (κ2) is 4.40. The van der Waals surface area contributed by atoms with E-state index in [9.17, 15) is 0 Å². The fourth-order valence-corrected chi connectivity index (χ4v) is 2.71. The lowest BCUT2D eigenvalue weighted by molar-refractivity contribution is -0.117. The lowest BCUT2D eigenvalue weighted by Crippen LogP contribution is -2.51. The first-order chi connectivity index (χ1) is 7.09. The lowest BCUT2D eigenvalue weighted by Gasteiger charge is -2.44. The molecule has 2 rings (SSSR count). The van der Waals surface area contributed by atoms with Gasteiger partial charge in [-0.25, -0.2) is 0 Å². The SMILES string of the molecule is CN1CCC(N(C)CC2(C)COC2)CC1. The summed E-state index contributed by atoms with van der Waals surface area (Å²) in [6, 6.07) is 0.790. The third-order valence-electron chi connectivity index (χ3n) is 3.84. The van der Waals surface area contributed by atoms with Crippen LogP contribution in [0.1, 0.15) is 19.8 Å². The molecule has 15 heavy (non-hydrogen) atoms. The van der Waals surface area contributed by atoms with Crippen molar-refractivity contribution in [3.8, 4) is 0 Å². The van der Waals surface area contributed by atoms with E-state index in [0.29, 0.717) is 5.41 Å². The number of nitrogens with zero attached hydrogens (tertiary/aromatic N) is 2. The molecule has 2 aliphatic rings. The van der Waals surface area contributed by atoms with E-state index in [1.165, 1.54) is 32.5 Å². The van der Waals surface area contributed by atoms with Crippen LogP contribution in [0.15, 0.2) is 0 Å². The summed E-state index contributed by atoms with van der Waals surface area (Å²) in [6.45, 7) is 7.93. The van der Waals surface area contributed by atoms with Crippen LogP contribution in [0.4, 0.5) is 0 Å². The zero-order valence-electron chi connectivity index (χ0n) is 10.3. The predicted molar refractivity (Wildman–Crippen MR) is 62.1 cm³/mol. The van der Waals surface area contributed by atoms with Crippen LogP contribution in [0, 0.1) is 5.41 Å². The van der Waals surface area contributed by atoms with Gasteiger partial charge in [0.1, 0.15) is 0 Å². The van der Waals surface area contributed by atoms with Crippen molar-refractivity contribution in [1.29, 1.82) is 0 Å². The Hall–Kier alpha value is -0.120. The average molecular weight is 212 g/mol. The van der Waals surface area contributed by atoms with E-state index in [-0.39, 0.29) is 0 Å². The Balaban J connectivity index is 1.77. The molecule has 2 saturated heterocycles. The van der Waals surface area contributed by atoms with Gasteiger partial charge in [0, 0.05) is 18.0 Å². The highest BCUT2D eigenvalue weighted by atomic mass is 16.5. The molecule has 0 aliphatic carbocycles. The third kappa shape index (κ3) is 2.71. The van der Waals surface area contributed by atoms with Crippen LogP contribution in [-0.2, 0) is 4.74 Å². The Morgan fingerprint density at radius 2 is 1.93 bits per heavy atom. The number of likely N-dealkylation sites (tertiary alicyclic amines) is 1. The van der Waals surface area contributed by atoms with E-state index in [1.807, 2.05) is 0 Å². The summed E-state index contributed by atoms with van der Waals surface area (Å²) in [5.74, 6) is 0.